The minimum absolute atomic E-state index is 0.0360. The van der Waals surface area contributed by atoms with Crippen molar-refractivity contribution in [2.24, 2.45) is 0 Å². The van der Waals surface area contributed by atoms with E-state index >= 15 is 0 Å². The van der Waals surface area contributed by atoms with Gasteiger partial charge in [-0.3, -0.25) is 0 Å². The molecule has 0 unspecified atom stereocenters. The fourth-order valence-electron chi connectivity index (χ4n) is 0.533. The third-order valence-corrected chi connectivity index (χ3v) is 3.65. The van der Waals surface area contributed by atoms with E-state index < -0.39 is 15.9 Å². The van der Waals surface area contributed by atoms with Gasteiger partial charge in [0.15, 0.2) is 9.84 Å². The molecule has 0 spiro atoms. The fraction of sp³-hybridized carbons (Fsp3) is 0.800. The van der Waals surface area contributed by atoms with Crippen molar-refractivity contribution in [2.45, 2.75) is 0 Å². The largest absolute Gasteiger partial charge is 0.465 e. The van der Waals surface area contributed by atoms with E-state index in [-0.39, 0.29) is 18.1 Å². The molecule has 2 N–H and O–H groups in total. The number of carbonyl (C=O) groups is 1. The molecule has 7 heteroatoms. The maximum Gasteiger partial charge on any atom is 0.404 e. The Morgan fingerprint density at radius 3 is 2.42 bits per heavy atom. The summed E-state index contributed by atoms with van der Waals surface area (Å²) in [5.74, 6) is -0.112. The smallest absolute Gasteiger partial charge is 0.404 e. The average Bonchev–Trinajstić information content (AvgIpc) is 1.85. The van der Waals surface area contributed by atoms with Crippen LogP contribution in [0.15, 0.2) is 0 Å². The summed E-state index contributed by atoms with van der Waals surface area (Å²) in [6, 6.07) is 0. The van der Waals surface area contributed by atoms with Crippen molar-refractivity contribution < 1.29 is 18.3 Å². The predicted octanol–water partition coefficient (Wildman–Crippen LogP) is 0.0637. The van der Waals surface area contributed by atoms with Gasteiger partial charge in [0.2, 0.25) is 0 Å². The van der Waals surface area contributed by atoms with Gasteiger partial charge in [0.1, 0.15) is 0 Å². The van der Waals surface area contributed by atoms with E-state index in [1.54, 1.807) is 0 Å². The normalized spacial score (nSPS) is 11.1. The van der Waals surface area contributed by atoms with Crippen LogP contribution in [-0.4, -0.2) is 43.0 Å². The van der Waals surface area contributed by atoms with Crippen LogP contribution in [0.3, 0.4) is 0 Å². The molecule has 0 aromatic heterocycles. The van der Waals surface area contributed by atoms with Crippen LogP contribution in [0.1, 0.15) is 0 Å². The molecule has 0 rings (SSSR count). The first-order chi connectivity index (χ1) is 5.48. The molecule has 0 saturated heterocycles. The zero-order valence-electron chi connectivity index (χ0n) is 6.29. The molecular formula is C5H10BrNO4S. The van der Waals surface area contributed by atoms with E-state index in [2.05, 4.69) is 15.9 Å². The SMILES string of the molecule is O=C(O)NCCS(=O)(=O)CCBr. The van der Waals surface area contributed by atoms with Gasteiger partial charge in [-0.1, -0.05) is 15.9 Å². The number of nitrogens with one attached hydrogen (secondary N) is 1. The number of halogens is 1. The van der Waals surface area contributed by atoms with E-state index in [0.29, 0.717) is 5.33 Å². The summed E-state index contributed by atoms with van der Waals surface area (Å²) >= 11 is 2.99. The van der Waals surface area contributed by atoms with Gasteiger partial charge in [-0.15, -0.1) is 0 Å². The van der Waals surface area contributed by atoms with Crippen LogP contribution < -0.4 is 5.32 Å². The molecule has 1 amide bonds. The van der Waals surface area contributed by atoms with Crippen molar-refractivity contribution in [3.8, 4) is 0 Å². The quantitative estimate of drug-likeness (QED) is 0.685. The highest BCUT2D eigenvalue weighted by molar-refractivity contribution is 9.09. The second kappa shape index (κ2) is 5.36. The van der Waals surface area contributed by atoms with Crippen molar-refractivity contribution in [1.82, 2.24) is 5.32 Å². The molecule has 0 aromatic rings. The molecule has 0 saturated carbocycles. The maximum atomic E-state index is 10.9. The van der Waals surface area contributed by atoms with Crippen molar-refractivity contribution in [3.63, 3.8) is 0 Å². The second-order valence-electron chi connectivity index (χ2n) is 2.07. The van der Waals surface area contributed by atoms with Crippen LogP contribution in [0.2, 0.25) is 0 Å². The Hall–Kier alpha value is -0.300. The minimum Gasteiger partial charge on any atom is -0.465 e. The second-order valence-corrected chi connectivity index (χ2v) is 5.17. The molecule has 0 fully saturated rings. The minimum atomic E-state index is -3.10. The van der Waals surface area contributed by atoms with Crippen molar-refractivity contribution in [3.05, 3.63) is 0 Å². The number of hydrogen-bond acceptors (Lipinski definition) is 3. The number of rotatable bonds is 5. The Morgan fingerprint density at radius 2 is 2.00 bits per heavy atom. The number of hydrogen-bond donors (Lipinski definition) is 2. The third kappa shape index (κ3) is 6.41. The van der Waals surface area contributed by atoms with Crippen LogP contribution in [0.25, 0.3) is 0 Å². The summed E-state index contributed by atoms with van der Waals surface area (Å²) in [5, 5.41) is 10.5. The highest BCUT2D eigenvalue weighted by atomic mass is 79.9. The Bertz CT molecular complexity index is 238. The molecule has 12 heavy (non-hydrogen) atoms. The molecule has 0 bridgehead atoms. The Balaban J connectivity index is 3.69. The van der Waals surface area contributed by atoms with Gasteiger partial charge in [0.25, 0.3) is 0 Å². The van der Waals surface area contributed by atoms with Crippen LogP contribution in [-0.2, 0) is 9.84 Å². The van der Waals surface area contributed by atoms with E-state index in [1.807, 2.05) is 5.32 Å². The molecule has 72 valence electrons. The van der Waals surface area contributed by atoms with Crippen LogP contribution in [0.5, 0.6) is 0 Å². The zero-order valence-corrected chi connectivity index (χ0v) is 8.69. The Morgan fingerprint density at radius 1 is 1.42 bits per heavy atom. The fourth-order valence-corrected chi connectivity index (χ4v) is 2.87. The van der Waals surface area contributed by atoms with E-state index in [9.17, 15) is 13.2 Å². The van der Waals surface area contributed by atoms with Crippen molar-refractivity contribution in [1.29, 1.82) is 0 Å². The van der Waals surface area contributed by atoms with E-state index in [4.69, 9.17) is 5.11 Å². The lowest BCUT2D eigenvalue weighted by atomic mass is 10.7. The molecule has 0 aliphatic rings. The first kappa shape index (κ1) is 11.7. The first-order valence-corrected chi connectivity index (χ1v) is 6.15. The van der Waals surface area contributed by atoms with Gasteiger partial charge in [-0.25, -0.2) is 13.2 Å². The van der Waals surface area contributed by atoms with Crippen LogP contribution >= 0.6 is 15.9 Å². The third-order valence-electron chi connectivity index (χ3n) is 1.08. The summed E-state index contributed by atoms with van der Waals surface area (Å²) in [6.45, 7) is -0.0509. The van der Waals surface area contributed by atoms with Gasteiger partial charge >= 0.3 is 6.09 Å². The van der Waals surface area contributed by atoms with Gasteiger partial charge in [0, 0.05) is 11.9 Å². The number of sulfone groups is 1. The molecular weight excluding hydrogens is 250 g/mol. The molecule has 5 nitrogen and oxygen atoms in total. The number of carboxylic acid groups (broad SMARTS) is 1. The lowest BCUT2D eigenvalue weighted by molar-refractivity contribution is 0.195. The lowest BCUT2D eigenvalue weighted by Crippen LogP contribution is -2.28. The Kier molecular flexibility index (Phi) is 5.23. The van der Waals surface area contributed by atoms with Crippen molar-refractivity contribution >= 4 is 31.9 Å². The summed E-state index contributed by atoms with van der Waals surface area (Å²) in [5.41, 5.74) is 0. The van der Waals surface area contributed by atoms with Gasteiger partial charge in [-0.05, 0) is 0 Å². The molecule has 0 atom stereocenters. The summed E-state index contributed by atoms with van der Waals surface area (Å²) in [4.78, 5) is 9.93. The number of amides is 1. The summed E-state index contributed by atoms with van der Waals surface area (Å²) in [7, 11) is -3.10. The molecule has 0 aliphatic carbocycles. The molecule has 0 aliphatic heterocycles. The van der Waals surface area contributed by atoms with Crippen LogP contribution in [0, 0.1) is 0 Å². The molecule has 0 aromatic carbocycles. The standard InChI is InChI=1S/C5H10BrNO4S/c6-1-3-12(10,11)4-2-7-5(8)9/h7H,1-4H2,(H,8,9). The predicted molar refractivity (Wildman–Crippen MR) is 48.5 cm³/mol. The van der Waals surface area contributed by atoms with Crippen molar-refractivity contribution in [2.75, 3.05) is 23.4 Å². The molecule has 0 radical (unpaired) electrons. The topological polar surface area (TPSA) is 83.5 Å². The zero-order chi connectivity index (χ0) is 9.61. The summed E-state index contributed by atoms with van der Waals surface area (Å²) in [6.07, 6.45) is -1.20. The average molecular weight is 260 g/mol. The lowest BCUT2D eigenvalue weighted by Gasteiger charge is -2.01. The van der Waals surface area contributed by atoms with Gasteiger partial charge in [-0.2, -0.15) is 0 Å². The van der Waals surface area contributed by atoms with E-state index in [0.717, 1.165) is 0 Å². The van der Waals surface area contributed by atoms with Crippen LogP contribution in [0.4, 0.5) is 4.79 Å². The highest BCUT2D eigenvalue weighted by Gasteiger charge is 2.09. The van der Waals surface area contributed by atoms with Gasteiger partial charge < -0.3 is 10.4 Å². The summed E-state index contributed by atoms with van der Waals surface area (Å²) < 4.78 is 21.9. The monoisotopic (exact) mass is 259 g/mol. The number of alkyl halides is 1. The Labute approximate surface area is 79.2 Å². The van der Waals surface area contributed by atoms with E-state index in [1.165, 1.54) is 0 Å². The maximum absolute atomic E-state index is 10.9. The highest BCUT2D eigenvalue weighted by Crippen LogP contribution is 1.92. The molecule has 0 heterocycles. The van der Waals surface area contributed by atoms with Gasteiger partial charge in [0.05, 0.1) is 11.5 Å². The first-order valence-electron chi connectivity index (χ1n) is 3.21.